The van der Waals surface area contributed by atoms with Crippen LogP contribution < -0.4 is 11.1 Å². The summed E-state index contributed by atoms with van der Waals surface area (Å²) in [5.74, 6) is -2.90. The highest BCUT2D eigenvalue weighted by Gasteiger charge is 2.12. The van der Waals surface area contributed by atoms with Crippen LogP contribution in [-0.2, 0) is 6.54 Å². The molecule has 4 N–H and O–H groups in total. The molecule has 0 aliphatic carbocycles. The van der Waals surface area contributed by atoms with Crippen molar-refractivity contribution in [1.29, 1.82) is 0 Å². The quantitative estimate of drug-likeness (QED) is 0.803. The molecule has 0 heterocycles. The van der Waals surface area contributed by atoms with Gasteiger partial charge in [-0.25, -0.2) is 8.78 Å². The van der Waals surface area contributed by atoms with Crippen LogP contribution in [0, 0.1) is 11.6 Å². The number of nitrogens with one attached hydrogen (secondary N) is 1. The van der Waals surface area contributed by atoms with Crippen LogP contribution in [0.2, 0.25) is 0 Å². The Morgan fingerprint density at radius 3 is 2.40 bits per heavy atom. The molecule has 2 aromatic carbocycles. The van der Waals surface area contributed by atoms with Gasteiger partial charge >= 0.3 is 0 Å². The summed E-state index contributed by atoms with van der Waals surface area (Å²) >= 11 is 0. The highest BCUT2D eigenvalue weighted by molar-refractivity contribution is 5.93. The highest BCUT2D eigenvalue weighted by atomic mass is 19.1. The molecule has 0 bridgehead atoms. The number of halogens is 2. The van der Waals surface area contributed by atoms with Gasteiger partial charge in [0.05, 0.1) is 0 Å². The molecule has 0 aliphatic rings. The van der Waals surface area contributed by atoms with E-state index < -0.39 is 23.3 Å². The van der Waals surface area contributed by atoms with E-state index in [2.05, 4.69) is 5.32 Å². The number of aromatic hydroxyl groups is 1. The Bertz CT molecular complexity index is 642. The van der Waals surface area contributed by atoms with Gasteiger partial charge in [0.1, 0.15) is 5.82 Å². The van der Waals surface area contributed by atoms with E-state index in [1.165, 1.54) is 12.1 Å². The molecular weight excluding hydrogens is 266 g/mol. The summed E-state index contributed by atoms with van der Waals surface area (Å²) in [5, 5.41) is 12.0. The van der Waals surface area contributed by atoms with Gasteiger partial charge in [-0.3, -0.25) is 4.79 Å². The minimum Gasteiger partial charge on any atom is -0.505 e. The number of primary amides is 1. The summed E-state index contributed by atoms with van der Waals surface area (Å²) in [6, 6.07) is 8.08. The fraction of sp³-hybridized carbons (Fsp3) is 0.0714. The maximum atomic E-state index is 13.5. The first kappa shape index (κ1) is 13.8. The number of carbonyl (C=O) groups excluding carboxylic acids is 1. The Labute approximate surface area is 113 Å². The minimum atomic E-state index is -0.994. The summed E-state index contributed by atoms with van der Waals surface area (Å²) in [5.41, 5.74) is 5.74. The van der Waals surface area contributed by atoms with Gasteiger partial charge in [0.25, 0.3) is 0 Å². The molecule has 0 aliphatic heterocycles. The lowest BCUT2D eigenvalue weighted by Gasteiger charge is -2.09. The average Bonchev–Trinajstić information content (AvgIpc) is 2.43. The van der Waals surface area contributed by atoms with Crippen molar-refractivity contribution in [3.05, 3.63) is 59.2 Å². The molecular formula is C14H12F2N2O2. The Hall–Kier alpha value is -2.63. The number of anilines is 1. The summed E-state index contributed by atoms with van der Waals surface area (Å²) < 4.78 is 27.0. The Kier molecular flexibility index (Phi) is 3.84. The monoisotopic (exact) mass is 278 g/mol. The lowest BCUT2D eigenvalue weighted by atomic mass is 10.1. The van der Waals surface area contributed by atoms with E-state index in [1.54, 1.807) is 12.1 Å². The van der Waals surface area contributed by atoms with Crippen LogP contribution in [0.4, 0.5) is 14.5 Å². The van der Waals surface area contributed by atoms with Crippen molar-refractivity contribution in [2.45, 2.75) is 6.54 Å². The number of phenols is 1. The van der Waals surface area contributed by atoms with Gasteiger partial charge < -0.3 is 16.2 Å². The molecule has 20 heavy (non-hydrogen) atoms. The van der Waals surface area contributed by atoms with Gasteiger partial charge in [0.2, 0.25) is 5.91 Å². The number of hydrogen-bond donors (Lipinski definition) is 3. The second-order valence-electron chi connectivity index (χ2n) is 4.15. The van der Waals surface area contributed by atoms with E-state index in [0.29, 0.717) is 11.3 Å². The van der Waals surface area contributed by atoms with Gasteiger partial charge in [0, 0.05) is 23.4 Å². The number of rotatable bonds is 4. The third-order valence-electron chi connectivity index (χ3n) is 2.80. The van der Waals surface area contributed by atoms with Crippen molar-refractivity contribution in [2.24, 2.45) is 5.73 Å². The summed E-state index contributed by atoms with van der Waals surface area (Å²) in [4.78, 5) is 10.9. The molecule has 0 saturated heterocycles. The van der Waals surface area contributed by atoms with E-state index in [1.807, 2.05) is 0 Å². The van der Waals surface area contributed by atoms with Crippen molar-refractivity contribution in [1.82, 2.24) is 0 Å². The third-order valence-corrected chi connectivity index (χ3v) is 2.80. The number of amides is 1. The van der Waals surface area contributed by atoms with Crippen molar-refractivity contribution < 1.29 is 18.7 Å². The second kappa shape index (κ2) is 5.56. The number of hydrogen-bond acceptors (Lipinski definition) is 3. The zero-order chi connectivity index (χ0) is 14.7. The number of benzene rings is 2. The first-order valence-corrected chi connectivity index (χ1v) is 5.78. The molecule has 104 valence electrons. The second-order valence-corrected chi connectivity index (χ2v) is 4.15. The van der Waals surface area contributed by atoms with Crippen LogP contribution in [0.3, 0.4) is 0 Å². The number of nitrogens with two attached hydrogens (primary N) is 1. The predicted octanol–water partition coefficient (Wildman–Crippen LogP) is 2.38. The average molecular weight is 278 g/mol. The van der Waals surface area contributed by atoms with E-state index in [0.717, 1.165) is 12.1 Å². The van der Waals surface area contributed by atoms with Crippen LogP contribution in [0.1, 0.15) is 15.9 Å². The summed E-state index contributed by atoms with van der Waals surface area (Å²) in [6.07, 6.45) is 0. The first-order valence-electron chi connectivity index (χ1n) is 5.78. The molecule has 4 nitrogen and oxygen atoms in total. The molecule has 2 aromatic rings. The van der Waals surface area contributed by atoms with E-state index >= 15 is 0 Å². The fourth-order valence-corrected chi connectivity index (χ4v) is 1.69. The van der Waals surface area contributed by atoms with Gasteiger partial charge in [-0.15, -0.1) is 0 Å². The molecule has 1 amide bonds. The SMILES string of the molecule is NC(=O)c1ccc(NCc2c(F)ccc(O)c2F)cc1. The van der Waals surface area contributed by atoms with E-state index in [9.17, 15) is 18.7 Å². The molecule has 6 heteroatoms. The molecule has 0 atom stereocenters. The van der Waals surface area contributed by atoms with E-state index in [4.69, 9.17) is 5.73 Å². The molecule has 0 fully saturated rings. The van der Waals surface area contributed by atoms with Crippen molar-refractivity contribution >= 4 is 11.6 Å². The molecule has 0 saturated carbocycles. The Morgan fingerprint density at radius 1 is 1.15 bits per heavy atom. The fourth-order valence-electron chi connectivity index (χ4n) is 1.69. The number of phenolic OH excluding ortho intramolecular Hbond substituents is 1. The highest BCUT2D eigenvalue weighted by Crippen LogP contribution is 2.22. The molecule has 2 rings (SSSR count). The van der Waals surface area contributed by atoms with Crippen LogP contribution in [0.5, 0.6) is 5.75 Å². The van der Waals surface area contributed by atoms with E-state index in [-0.39, 0.29) is 12.1 Å². The third kappa shape index (κ3) is 2.85. The normalized spacial score (nSPS) is 10.3. The minimum absolute atomic E-state index is 0.137. The van der Waals surface area contributed by atoms with Crippen LogP contribution in [0.15, 0.2) is 36.4 Å². The van der Waals surface area contributed by atoms with Gasteiger partial charge in [-0.1, -0.05) is 0 Å². The lowest BCUT2D eigenvalue weighted by molar-refractivity contribution is 0.100. The van der Waals surface area contributed by atoms with Gasteiger partial charge in [-0.2, -0.15) is 0 Å². The van der Waals surface area contributed by atoms with Crippen molar-refractivity contribution in [3.8, 4) is 5.75 Å². The van der Waals surface area contributed by atoms with Crippen molar-refractivity contribution in [3.63, 3.8) is 0 Å². The summed E-state index contributed by atoms with van der Waals surface area (Å²) in [7, 11) is 0. The topological polar surface area (TPSA) is 75.4 Å². The molecule has 0 spiro atoms. The maximum absolute atomic E-state index is 13.5. The molecule has 0 radical (unpaired) electrons. The Morgan fingerprint density at radius 2 is 1.80 bits per heavy atom. The zero-order valence-electron chi connectivity index (χ0n) is 10.4. The lowest BCUT2D eigenvalue weighted by Crippen LogP contribution is -2.11. The maximum Gasteiger partial charge on any atom is 0.248 e. The van der Waals surface area contributed by atoms with Crippen LogP contribution in [0.25, 0.3) is 0 Å². The predicted molar refractivity (Wildman–Crippen MR) is 70.3 cm³/mol. The van der Waals surface area contributed by atoms with Crippen LogP contribution in [-0.4, -0.2) is 11.0 Å². The van der Waals surface area contributed by atoms with Crippen molar-refractivity contribution in [2.75, 3.05) is 5.32 Å². The zero-order valence-corrected chi connectivity index (χ0v) is 10.4. The summed E-state index contributed by atoms with van der Waals surface area (Å²) in [6.45, 7) is -0.137. The Balaban J connectivity index is 2.13. The smallest absolute Gasteiger partial charge is 0.248 e. The van der Waals surface area contributed by atoms with Gasteiger partial charge in [-0.05, 0) is 36.4 Å². The first-order chi connectivity index (χ1) is 9.49. The van der Waals surface area contributed by atoms with Crippen LogP contribution >= 0.6 is 0 Å². The van der Waals surface area contributed by atoms with Gasteiger partial charge in [0.15, 0.2) is 11.6 Å². The largest absolute Gasteiger partial charge is 0.505 e. The molecule has 0 unspecified atom stereocenters. The standard InChI is InChI=1S/C14H12F2N2O2/c15-11-5-6-12(19)13(16)10(11)7-18-9-3-1-8(2-4-9)14(17)20/h1-6,18-19H,7H2,(H2,17,20). The number of carbonyl (C=O) groups is 1. The molecule has 0 aromatic heterocycles.